The Morgan fingerprint density at radius 1 is 1.11 bits per heavy atom. The molecule has 1 atom stereocenters. The normalized spacial score (nSPS) is 14.3. The van der Waals surface area contributed by atoms with Crippen LogP contribution >= 0.6 is 23.4 Å². The van der Waals surface area contributed by atoms with Gasteiger partial charge in [-0.2, -0.15) is 11.8 Å². The molecule has 0 unspecified atom stereocenters. The summed E-state index contributed by atoms with van der Waals surface area (Å²) in [5.41, 5.74) is 1.98. The van der Waals surface area contributed by atoms with Crippen molar-refractivity contribution in [3.8, 4) is 0 Å². The molecule has 0 aromatic heterocycles. The number of imide groups is 1. The first-order valence-electron chi connectivity index (χ1n) is 8.47. The zero-order chi connectivity index (χ0) is 19.6. The van der Waals surface area contributed by atoms with Gasteiger partial charge in [0.25, 0.3) is 11.8 Å². The number of amides is 3. The van der Waals surface area contributed by atoms with Crippen LogP contribution in [-0.4, -0.2) is 40.7 Å². The van der Waals surface area contributed by atoms with Crippen LogP contribution in [0.15, 0.2) is 42.5 Å². The lowest BCUT2D eigenvalue weighted by molar-refractivity contribution is -0.120. The molecule has 1 N–H and O–H groups in total. The lowest BCUT2D eigenvalue weighted by atomic mass is 10.1. The Hall–Kier alpha value is -2.31. The molecule has 1 aliphatic rings. The van der Waals surface area contributed by atoms with Gasteiger partial charge in [-0.15, -0.1) is 0 Å². The van der Waals surface area contributed by atoms with Crippen molar-refractivity contribution < 1.29 is 14.4 Å². The molecule has 140 valence electrons. The van der Waals surface area contributed by atoms with Gasteiger partial charge in [0.05, 0.1) is 11.1 Å². The number of nitrogens with zero attached hydrogens (tertiary/aromatic N) is 1. The number of hydrogen-bond donors (Lipinski definition) is 1. The van der Waals surface area contributed by atoms with Gasteiger partial charge in [-0.1, -0.05) is 29.8 Å². The highest BCUT2D eigenvalue weighted by molar-refractivity contribution is 7.98. The number of nitrogens with one attached hydrogen (secondary N) is 1. The lowest BCUT2D eigenvalue weighted by Gasteiger charge is -2.25. The van der Waals surface area contributed by atoms with E-state index < -0.39 is 23.8 Å². The third-order valence-electron chi connectivity index (χ3n) is 4.56. The number of benzene rings is 2. The molecule has 2 aromatic carbocycles. The minimum absolute atomic E-state index is 0.336. The van der Waals surface area contributed by atoms with E-state index in [1.807, 2.05) is 6.26 Å². The minimum atomic E-state index is -0.886. The van der Waals surface area contributed by atoms with E-state index in [2.05, 4.69) is 5.32 Å². The number of fused-ring (bicyclic) bond motifs is 1. The summed E-state index contributed by atoms with van der Waals surface area (Å²) in [5.74, 6) is -0.622. The van der Waals surface area contributed by atoms with Crippen molar-refractivity contribution in [3.05, 3.63) is 64.2 Å². The van der Waals surface area contributed by atoms with Gasteiger partial charge in [-0.05, 0) is 55.2 Å². The molecule has 0 aliphatic carbocycles. The Morgan fingerprint density at radius 3 is 2.33 bits per heavy atom. The van der Waals surface area contributed by atoms with E-state index in [0.717, 1.165) is 10.5 Å². The van der Waals surface area contributed by atoms with Crippen molar-refractivity contribution in [3.63, 3.8) is 0 Å². The van der Waals surface area contributed by atoms with Gasteiger partial charge >= 0.3 is 0 Å². The van der Waals surface area contributed by atoms with Crippen LogP contribution in [0.1, 0.15) is 32.7 Å². The quantitative estimate of drug-likeness (QED) is 0.741. The molecule has 0 spiro atoms. The average Bonchev–Trinajstić information content (AvgIpc) is 2.91. The highest BCUT2D eigenvalue weighted by atomic mass is 35.5. The Morgan fingerprint density at radius 2 is 1.74 bits per heavy atom. The van der Waals surface area contributed by atoms with Crippen LogP contribution in [0, 0.1) is 6.92 Å². The number of thioether (sulfide) groups is 1. The summed E-state index contributed by atoms with van der Waals surface area (Å²) in [6.45, 7) is 1.80. The van der Waals surface area contributed by atoms with Gasteiger partial charge in [0.1, 0.15) is 6.04 Å². The summed E-state index contributed by atoms with van der Waals surface area (Å²) < 4.78 is 0. The van der Waals surface area contributed by atoms with Crippen molar-refractivity contribution >= 4 is 46.8 Å². The molecule has 0 bridgehead atoms. The van der Waals surface area contributed by atoms with E-state index in [0.29, 0.717) is 34.0 Å². The predicted octanol–water partition coefficient (Wildman–Crippen LogP) is 4.00. The van der Waals surface area contributed by atoms with Crippen molar-refractivity contribution in [2.75, 3.05) is 17.3 Å². The Balaban J connectivity index is 1.90. The molecule has 3 amide bonds. The minimum Gasteiger partial charge on any atom is -0.324 e. The van der Waals surface area contributed by atoms with Crippen LogP contribution in [0.25, 0.3) is 0 Å². The molecule has 1 heterocycles. The van der Waals surface area contributed by atoms with E-state index in [-0.39, 0.29) is 0 Å². The van der Waals surface area contributed by atoms with Crippen LogP contribution in [0.3, 0.4) is 0 Å². The van der Waals surface area contributed by atoms with Crippen LogP contribution in [0.4, 0.5) is 5.69 Å². The second-order valence-corrected chi connectivity index (χ2v) is 7.62. The molecule has 27 heavy (non-hydrogen) atoms. The van der Waals surface area contributed by atoms with E-state index in [9.17, 15) is 14.4 Å². The molecule has 0 radical (unpaired) electrons. The first-order chi connectivity index (χ1) is 13.0. The first-order valence-corrected chi connectivity index (χ1v) is 10.2. The average molecular weight is 403 g/mol. The number of carbonyl (C=O) groups is 3. The number of carbonyl (C=O) groups excluding carboxylic acids is 3. The fraction of sp³-hybridized carbons (Fsp3) is 0.250. The van der Waals surface area contributed by atoms with Gasteiger partial charge in [0.15, 0.2) is 0 Å². The Labute approximate surface area is 167 Å². The molecule has 0 saturated heterocycles. The number of anilines is 1. The number of rotatable bonds is 6. The number of hydrogen-bond acceptors (Lipinski definition) is 4. The highest BCUT2D eigenvalue weighted by Crippen LogP contribution is 2.28. The largest absolute Gasteiger partial charge is 0.324 e. The van der Waals surface area contributed by atoms with Crippen molar-refractivity contribution in [2.45, 2.75) is 19.4 Å². The van der Waals surface area contributed by atoms with Gasteiger partial charge in [-0.25, -0.2) is 0 Å². The maximum Gasteiger partial charge on any atom is 0.262 e. The lowest BCUT2D eigenvalue weighted by Crippen LogP contribution is -2.47. The van der Waals surface area contributed by atoms with Gasteiger partial charge < -0.3 is 5.32 Å². The second kappa shape index (κ2) is 8.15. The summed E-state index contributed by atoms with van der Waals surface area (Å²) in [7, 11) is 0. The fourth-order valence-corrected chi connectivity index (χ4v) is 3.69. The topological polar surface area (TPSA) is 66.5 Å². The molecule has 0 fully saturated rings. The third-order valence-corrected chi connectivity index (χ3v) is 5.61. The van der Waals surface area contributed by atoms with Gasteiger partial charge in [-0.3, -0.25) is 19.3 Å². The molecule has 0 saturated carbocycles. The highest BCUT2D eigenvalue weighted by Gasteiger charge is 2.42. The summed E-state index contributed by atoms with van der Waals surface area (Å²) >= 11 is 7.68. The van der Waals surface area contributed by atoms with E-state index in [1.165, 1.54) is 0 Å². The van der Waals surface area contributed by atoms with Crippen LogP contribution in [0.5, 0.6) is 0 Å². The maximum atomic E-state index is 13.0. The second-order valence-electron chi connectivity index (χ2n) is 6.22. The first kappa shape index (κ1) is 19.5. The Bertz CT molecular complexity index is 881. The van der Waals surface area contributed by atoms with Crippen molar-refractivity contribution in [1.82, 2.24) is 4.90 Å². The molecular weight excluding hydrogens is 384 g/mol. The number of halogens is 1. The molecular formula is C20H19ClN2O3S. The molecule has 1 aliphatic heterocycles. The molecule has 7 heteroatoms. The van der Waals surface area contributed by atoms with Gasteiger partial charge in [0, 0.05) is 10.7 Å². The zero-order valence-corrected chi connectivity index (χ0v) is 16.6. The standard InChI is InChI=1S/C20H19ClN2O3S/c1-12-15(21)8-5-9-16(12)22-18(24)17(10-11-27-2)23-19(25)13-6-3-4-7-14(13)20(23)26/h3-9,17H,10-11H2,1-2H3,(H,22,24)/t17-/m1/s1. The van der Waals surface area contributed by atoms with E-state index >= 15 is 0 Å². The van der Waals surface area contributed by atoms with Crippen LogP contribution in [-0.2, 0) is 4.79 Å². The van der Waals surface area contributed by atoms with Gasteiger partial charge in [0.2, 0.25) is 5.91 Å². The van der Waals surface area contributed by atoms with Crippen LogP contribution in [0.2, 0.25) is 5.02 Å². The molecule has 2 aromatic rings. The summed E-state index contributed by atoms with van der Waals surface area (Å²) in [6, 6.07) is 11.0. The van der Waals surface area contributed by atoms with Crippen molar-refractivity contribution in [1.29, 1.82) is 0 Å². The van der Waals surface area contributed by atoms with E-state index in [4.69, 9.17) is 11.6 Å². The Kier molecular flexibility index (Phi) is 5.87. The zero-order valence-electron chi connectivity index (χ0n) is 15.0. The van der Waals surface area contributed by atoms with E-state index in [1.54, 1.807) is 61.2 Å². The summed E-state index contributed by atoms with van der Waals surface area (Å²) in [4.78, 5) is 39.7. The molecule has 3 rings (SSSR count). The molecule has 5 nitrogen and oxygen atoms in total. The SMILES string of the molecule is CSCC[C@H](C(=O)Nc1cccc(Cl)c1C)N1C(=O)c2ccccc2C1=O. The predicted molar refractivity (Wildman–Crippen MR) is 109 cm³/mol. The smallest absolute Gasteiger partial charge is 0.262 e. The third kappa shape index (κ3) is 3.73. The monoisotopic (exact) mass is 402 g/mol. The summed E-state index contributed by atoms with van der Waals surface area (Å²) in [5, 5.41) is 3.36. The van der Waals surface area contributed by atoms with Crippen LogP contribution < -0.4 is 5.32 Å². The fourth-order valence-electron chi connectivity index (χ4n) is 3.06. The van der Waals surface area contributed by atoms with Crippen molar-refractivity contribution in [2.24, 2.45) is 0 Å². The maximum absolute atomic E-state index is 13.0. The summed E-state index contributed by atoms with van der Waals surface area (Å²) in [6.07, 6.45) is 2.29.